The van der Waals surface area contributed by atoms with Crippen LogP contribution in [0.5, 0.6) is 5.88 Å². The Bertz CT molecular complexity index is 1010. The highest BCUT2D eigenvalue weighted by Gasteiger charge is 2.13. The van der Waals surface area contributed by atoms with Crippen LogP contribution in [0.4, 0.5) is 0 Å². The molecule has 0 radical (unpaired) electrons. The van der Waals surface area contributed by atoms with Crippen molar-refractivity contribution in [2.75, 3.05) is 6.54 Å². The van der Waals surface area contributed by atoms with E-state index in [1.54, 1.807) is 0 Å². The highest BCUT2D eigenvalue weighted by atomic mass is 16.5. The van der Waals surface area contributed by atoms with Crippen molar-refractivity contribution < 1.29 is 4.74 Å². The molecule has 0 saturated heterocycles. The Hall–Kier alpha value is -3.04. The fourth-order valence-corrected chi connectivity index (χ4v) is 3.39. The van der Waals surface area contributed by atoms with Crippen molar-refractivity contribution in [1.29, 1.82) is 0 Å². The molecule has 0 atom stereocenters. The van der Waals surface area contributed by atoms with E-state index in [9.17, 15) is 0 Å². The largest absolute Gasteiger partial charge is 0.474 e. The third-order valence-electron chi connectivity index (χ3n) is 4.64. The fraction of sp³-hybridized carbons (Fsp3) is 0.130. The minimum atomic E-state index is 0.509. The number of benzene rings is 3. The first-order valence-corrected chi connectivity index (χ1v) is 8.92. The number of H-pyrrole nitrogens is 1. The van der Waals surface area contributed by atoms with Gasteiger partial charge in [0.2, 0.25) is 0 Å². The second kappa shape index (κ2) is 7.46. The summed E-state index contributed by atoms with van der Waals surface area (Å²) >= 11 is 0. The quantitative estimate of drug-likeness (QED) is 0.523. The first-order valence-electron chi connectivity index (χ1n) is 8.92. The highest BCUT2D eigenvalue weighted by molar-refractivity contribution is 5.85. The van der Waals surface area contributed by atoms with Gasteiger partial charge in [0.25, 0.3) is 0 Å². The lowest BCUT2D eigenvalue weighted by Crippen LogP contribution is -2.05. The van der Waals surface area contributed by atoms with Crippen LogP contribution >= 0.6 is 0 Å². The molecule has 0 saturated carbocycles. The summed E-state index contributed by atoms with van der Waals surface area (Å²) in [5, 5.41) is 1.18. The second-order valence-corrected chi connectivity index (χ2v) is 6.33. The molecule has 1 heterocycles. The Kier molecular flexibility index (Phi) is 4.71. The number of rotatable bonds is 6. The van der Waals surface area contributed by atoms with Crippen LogP contribution in [0.25, 0.3) is 22.0 Å². The minimum absolute atomic E-state index is 0.509. The van der Waals surface area contributed by atoms with Crippen molar-refractivity contribution in [2.45, 2.75) is 13.0 Å². The summed E-state index contributed by atoms with van der Waals surface area (Å²) in [5.74, 6) is 0.819. The zero-order valence-corrected chi connectivity index (χ0v) is 14.6. The number of ether oxygens (including phenoxy) is 1. The summed E-state index contributed by atoms with van der Waals surface area (Å²) in [7, 11) is 0. The lowest BCUT2D eigenvalue weighted by atomic mass is 10.0. The van der Waals surface area contributed by atoms with Gasteiger partial charge in [-0.1, -0.05) is 72.8 Å². The van der Waals surface area contributed by atoms with Gasteiger partial charge in [-0.05, 0) is 35.7 Å². The summed E-state index contributed by atoms with van der Waals surface area (Å²) in [6, 6.07) is 27.0. The van der Waals surface area contributed by atoms with E-state index in [0.29, 0.717) is 13.2 Å². The lowest BCUT2D eigenvalue weighted by molar-refractivity contribution is 0.294. The third kappa shape index (κ3) is 3.22. The molecule has 3 nitrogen and oxygen atoms in total. The molecule has 0 spiro atoms. The summed E-state index contributed by atoms with van der Waals surface area (Å²) in [4.78, 5) is 3.40. The topological polar surface area (TPSA) is 51.0 Å². The number of hydrogen-bond acceptors (Lipinski definition) is 2. The molecule has 130 valence electrons. The van der Waals surface area contributed by atoms with Crippen molar-refractivity contribution >= 4 is 10.9 Å². The molecule has 26 heavy (non-hydrogen) atoms. The second-order valence-electron chi connectivity index (χ2n) is 6.33. The molecule has 0 aliphatic rings. The van der Waals surface area contributed by atoms with Crippen LogP contribution in [0.3, 0.4) is 0 Å². The first kappa shape index (κ1) is 16.4. The molecule has 1 aromatic heterocycles. The Morgan fingerprint density at radius 3 is 2.38 bits per heavy atom. The van der Waals surface area contributed by atoms with Gasteiger partial charge in [-0.15, -0.1) is 0 Å². The molecule has 3 heteroatoms. The summed E-state index contributed by atoms with van der Waals surface area (Å²) < 4.78 is 6.21. The maximum Gasteiger partial charge on any atom is 0.195 e. The van der Waals surface area contributed by atoms with E-state index >= 15 is 0 Å². The molecule has 0 amide bonds. The zero-order chi connectivity index (χ0) is 17.8. The van der Waals surface area contributed by atoms with Gasteiger partial charge in [-0.2, -0.15) is 0 Å². The molecule has 3 N–H and O–H groups in total. The maximum absolute atomic E-state index is 6.21. The van der Waals surface area contributed by atoms with Crippen LogP contribution in [0.15, 0.2) is 78.9 Å². The molecule has 4 aromatic rings. The predicted molar refractivity (Wildman–Crippen MR) is 107 cm³/mol. The third-order valence-corrected chi connectivity index (χ3v) is 4.64. The average molecular weight is 342 g/mol. The summed E-state index contributed by atoms with van der Waals surface area (Å²) in [5.41, 5.74) is 11.6. The van der Waals surface area contributed by atoms with Gasteiger partial charge in [0.15, 0.2) is 5.88 Å². The van der Waals surface area contributed by atoms with E-state index in [-0.39, 0.29) is 0 Å². The fourth-order valence-electron chi connectivity index (χ4n) is 3.39. The SMILES string of the molecule is NCCc1c(OCc2ccccc2-c2ccccc2)[nH]c2ccccc12. The molecule has 3 aromatic carbocycles. The van der Waals surface area contributed by atoms with E-state index in [2.05, 4.69) is 65.6 Å². The van der Waals surface area contributed by atoms with Crippen molar-refractivity contribution in [3.05, 3.63) is 90.0 Å². The van der Waals surface area contributed by atoms with Gasteiger partial charge in [0.05, 0.1) is 0 Å². The monoisotopic (exact) mass is 342 g/mol. The Morgan fingerprint density at radius 2 is 1.54 bits per heavy atom. The standard InChI is InChI=1S/C23H22N2O/c24-15-14-21-20-12-6-7-13-22(20)25-23(21)26-16-18-10-4-5-11-19(18)17-8-2-1-3-9-17/h1-13,25H,14-16,24H2. The van der Waals surface area contributed by atoms with Crippen LogP contribution in [0.1, 0.15) is 11.1 Å². The Labute approximate surface area is 153 Å². The number of fused-ring (bicyclic) bond motifs is 1. The smallest absolute Gasteiger partial charge is 0.195 e. The molecular formula is C23H22N2O. The number of nitrogens with two attached hydrogens (primary N) is 1. The molecule has 0 bridgehead atoms. The van der Waals surface area contributed by atoms with Gasteiger partial charge < -0.3 is 15.5 Å². The summed E-state index contributed by atoms with van der Waals surface area (Å²) in [6.45, 7) is 1.11. The van der Waals surface area contributed by atoms with E-state index in [4.69, 9.17) is 10.5 Å². The van der Waals surface area contributed by atoms with E-state index in [1.807, 2.05) is 18.2 Å². The van der Waals surface area contributed by atoms with E-state index in [1.165, 1.54) is 16.5 Å². The van der Waals surface area contributed by atoms with Crippen molar-refractivity contribution in [2.24, 2.45) is 5.73 Å². The average Bonchev–Trinajstić information content (AvgIpc) is 3.05. The van der Waals surface area contributed by atoms with Crippen molar-refractivity contribution in [3.63, 3.8) is 0 Å². The molecule has 0 aliphatic heterocycles. The molecule has 0 unspecified atom stereocenters. The van der Waals surface area contributed by atoms with E-state index < -0.39 is 0 Å². The van der Waals surface area contributed by atoms with Crippen LogP contribution in [-0.2, 0) is 13.0 Å². The molecular weight excluding hydrogens is 320 g/mol. The summed E-state index contributed by atoms with van der Waals surface area (Å²) in [6.07, 6.45) is 0.791. The highest BCUT2D eigenvalue weighted by Crippen LogP contribution is 2.30. The Morgan fingerprint density at radius 1 is 0.808 bits per heavy atom. The molecule has 4 rings (SSSR count). The van der Waals surface area contributed by atoms with Crippen LogP contribution < -0.4 is 10.5 Å². The Balaban J connectivity index is 1.65. The number of para-hydroxylation sites is 1. The predicted octanol–water partition coefficient (Wildman–Crippen LogP) is 4.92. The first-order chi connectivity index (χ1) is 12.9. The van der Waals surface area contributed by atoms with E-state index in [0.717, 1.165) is 28.9 Å². The zero-order valence-electron chi connectivity index (χ0n) is 14.6. The number of aromatic amines is 1. The van der Waals surface area contributed by atoms with Gasteiger partial charge in [0, 0.05) is 16.5 Å². The lowest BCUT2D eigenvalue weighted by Gasteiger charge is -2.12. The van der Waals surface area contributed by atoms with Crippen LogP contribution in [-0.4, -0.2) is 11.5 Å². The van der Waals surface area contributed by atoms with Gasteiger partial charge in [0.1, 0.15) is 6.61 Å². The van der Waals surface area contributed by atoms with Gasteiger partial charge in [-0.3, -0.25) is 0 Å². The molecule has 0 aliphatic carbocycles. The van der Waals surface area contributed by atoms with Crippen molar-refractivity contribution in [1.82, 2.24) is 4.98 Å². The normalized spacial score (nSPS) is 11.0. The molecule has 0 fully saturated rings. The minimum Gasteiger partial charge on any atom is -0.474 e. The number of hydrogen-bond donors (Lipinski definition) is 2. The van der Waals surface area contributed by atoms with Gasteiger partial charge in [-0.25, -0.2) is 0 Å². The number of aromatic nitrogens is 1. The van der Waals surface area contributed by atoms with Crippen LogP contribution in [0, 0.1) is 0 Å². The van der Waals surface area contributed by atoms with Crippen LogP contribution in [0.2, 0.25) is 0 Å². The van der Waals surface area contributed by atoms with Gasteiger partial charge >= 0.3 is 0 Å². The number of nitrogens with one attached hydrogen (secondary N) is 1. The van der Waals surface area contributed by atoms with Crippen molar-refractivity contribution in [3.8, 4) is 17.0 Å². The maximum atomic E-state index is 6.21.